The van der Waals surface area contributed by atoms with Crippen molar-refractivity contribution in [2.45, 2.75) is 174 Å². The van der Waals surface area contributed by atoms with Gasteiger partial charge < -0.3 is 9.47 Å². The lowest BCUT2D eigenvalue weighted by molar-refractivity contribution is 0.0482. The molecule has 1 saturated heterocycles. The molecule has 0 bridgehead atoms. The maximum absolute atomic E-state index is 6.29. The maximum Gasteiger partial charge on any atom is 0.0510 e. The van der Waals surface area contributed by atoms with Crippen molar-refractivity contribution < 1.29 is 9.47 Å². The molecule has 0 aromatic heterocycles. The molecule has 0 spiro atoms. The third-order valence-electron chi connectivity index (χ3n) is 10.2. The van der Waals surface area contributed by atoms with E-state index in [1.165, 1.54) is 160 Å². The standard InChI is InChI=1S/C45H79NO2/c1-3-5-7-9-11-13-15-17-19-21-23-25-27-32-36-47-41-44-39-46(38-43-34-30-29-31-35-43)40-45(44)42-48-37-33-28-26-24-22-20-18-16-14-12-10-8-6-4-2/h13-16,29-31,34-35,44-45H,3-12,17-28,32-33,36-42H2,1-2H3/b15-13-,16-14-/t44-,45-/m0/s1. The fourth-order valence-corrected chi connectivity index (χ4v) is 7.05. The second kappa shape index (κ2) is 32.8. The van der Waals surface area contributed by atoms with E-state index >= 15 is 0 Å². The summed E-state index contributed by atoms with van der Waals surface area (Å²) in [4.78, 5) is 2.63. The van der Waals surface area contributed by atoms with Gasteiger partial charge in [-0.05, 0) is 69.8 Å². The topological polar surface area (TPSA) is 21.7 Å². The highest BCUT2D eigenvalue weighted by atomic mass is 16.5. The SMILES string of the molecule is CCCCCC/C=C\CCCCCCCCOC[C@@H]1CN(Cc2ccccc2)C[C@H]1COCCCCCCCC/C=C\CCCCCC. The van der Waals surface area contributed by atoms with Crippen molar-refractivity contribution in [3.05, 3.63) is 60.2 Å². The molecule has 0 radical (unpaired) electrons. The smallest absolute Gasteiger partial charge is 0.0510 e. The molecule has 1 aromatic rings. The van der Waals surface area contributed by atoms with E-state index in [-0.39, 0.29) is 0 Å². The number of hydrogen-bond acceptors (Lipinski definition) is 3. The minimum absolute atomic E-state index is 0.582. The highest BCUT2D eigenvalue weighted by Crippen LogP contribution is 2.26. The van der Waals surface area contributed by atoms with Crippen LogP contribution in [0.3, 0.4) is 0 Å². The Kier molecular flexibility index (Phi) is 29.2. The number of allylic oxidation sites excluding steroid dienone is 4. The molecule has 48 heavy (non-hydrogen) atoms. The van der Waals surface area contributed by atoms with Crippen LogP contribution < -0.4 is 0 Å². The molecule has 1 heterocycles. The molecule has 2 rings (SSSR count). The summed E-state index contributed by atoms with van der Waals surface area (Å²) in [7, 11) is 0. The second-order valence-electron chi connectivity index (χ2n) is 14.8. The van der Waals surface area contributed by atoms with Crippen molar-refractivity contribution in [2.24, 2.45) is 11.8 Å². The van der Waals surface area contributed by atoms with Crippen molar-refractivity contribution in [3.8, 4) is 0 Å². The van der Waals surface area contributed by atoms with Crippen molar-refractivity contribution in [1.82, 2.24) is 4.90 Å². The van der Waals surface area contributed by atoms with E-state index in [0.29, 0.717) is 11.8 Å². The summed E-state index contributed by atoms with van der Waals surface area (Å²) in [6.45, 7) is 11.5. The van der Waals surface area contributed by atoms with E-state index < -0.39 is 0 Å². The summed E-state index contributed by atoms with van der Waals surface area (Å²) in [5, 5.41) is 0. The molecule has 1 fully saturated rings. The van der Waals surface area contributed by atoms with Crippen LogP contribution in [0.25, 0.3) is 0 Å². The summed E-state index contributed by atoms with van der Waals surface area (Å²) in [6.07, 6.45) is 41.6. The molecule has 0 unspecified atom stereocenters. The predicted octanol–water partition coefficient (Wildman–Crippen LogP) is 13.3. The Balaban J connectivity index is 1.50. The lowest BCUT2D eigenvalue weighted by Crippen LogP contribution is -2.23. The van der Waals surface area contributed by atoms with E-state index in [1.807, 2.05) is 0 Å². The van der Waals surface area contributed by atoms with E-state index in [9.17, 15) is 0 Å². The van der Waals surface area contributed by atoms with Gasteiger partial charge in [-0.25, -0.2) is 0 Å². The minimum Gasteiger partial charge on any atom is -0.381 e. The number of benzene rings is 1. The van der Waals surface area contributed by atoms with E-state index in [2.05, 4.69) is 73.4 Å². The third-order valence-corrected chi connectivity index (χ3v) is 10.2. The Morgan fingerprint density at radius 1 is 0.500 bits per heavy atom. The quantitative estimate of drug-likeness (QED) is 0.0540. The van der Waals surface area contributed by atoms with Crippen LogP contribution in [0, 0.1) is 11.8 Å². The van der Waals surface area contributed by atoms with Crippen molar-refractivity contribution in [1.29, 1.82) is 0 Å². The number of unbranched alkanes of at least 4 members (excludes halogenated alkanes) is 20. The van der Waals surface area contributed by atoms with Crippen molar-refractivity contribution >= 4 is 0 Å². The van der Waals surface area contributed by atoms with Gasteiger partial charge in [0.1, 0.15) is 0 Å². The Bertz CT molecular complexity index is 802. The molecule has 1 aliphatic heterocycles. The highest BCUT2D eigenvalue weighted by molar-refractivity contribution is 5.14. The molecule has 0 saturated carbocycles. The fraction of sp³-hybridized carbons (Fsp3) is 0.778. The zero-order valence-electron chi connectivity index (χ0n) is 32.0. The molecule has 3 nitrogen and oxygen atoms in total. The van der Waals surface area contributed by atoms with Crippen molar-refractivity contribution in [3.63, 3.8) is 0 Å². The number of likely N-dealkylation sites (tertiary alicyclic amines) is 1. The Morgan fingerprint density at radius 3 is 1.29 bits per heavy atom. The summed E-state index contributed by atoms with van der Waals surface area (Å²) in [6, 6.07) is 11.0. The summed E-state index contributed by atoms with van der Waals surface area (Å²) >= 11 is 0. The molecule has 0 aliphatic carbocycles. The minimum atomic E-state index is 0.582. The van der Waals surface area contributed by atoms with Crippen LogP contribution >= 0.6 is 0 Å². The summed E-state index contributed by atoms with van der Waals surface area (Å²) in [5.74, 6) is 1.16. The lowest BCUT2D eigenvalue weighted by atomic mass is 9.98. The van der Waals surface area contributed by atoms with Crippen LogP contribution in [0.2, 0.25) is 0 Å². The number of ether oxygens (including phenoxy) is 2. The van der Waals surface area contributed by atoms with Gasteiger partial charge in [0.2, 0.25) is 0 Å². The molecule has 1 aromatic carbocycles. The van der Waals surface area contributed by atoms with Gasteiger partial charge in [-0.1, -0.05) is 158 Å². The lowest BCUT2D eigenvalue weighted by Gasteiger charge is -2.18. The van der Waals surface area contributed by atoms with Gasteiger partial charge >= 0.3 is 0 Å². The first-order valence-electron chi connectivity index (χ1n) is 21.0. The van der Waals surface area contributed by atoms with Gasteiger partial charge in [-0.3, -0.25) is 4.90 Å². The molecule has 0 amide bonds. The van der Waals surface area contributed by atoms with E-state index in [1.54, 1.807) is 0 Å². The Hall–Kier alpha value is -1.42. The van der Waals surface area contributed by atoms with Crippen LogP contribution in [0.5, 0.6) is 0 Å². The fourth-order valence-electron chi connectivity index (χ4n) is 7.05. The highest BCUT2D eigenvalue weighted by Gasteiger charge is 2.32. The van der Waals surface area contributed by atoms with Crippen LogP contribution in [0.1, 0.15) is 174 Å². The van der Waals surface area contributed by atoms with Crippen LogP contribution in [-0.4, -0.2) is 44.4 Å². The van der Waals surface area contributed by atoms with Gasteiger partial charge in [0.05, 0.1) is 13.2 Å². The second-order valence-corrected chi connectivity index (χ2v) is 14.8. The third kappa shape index (κ3) is 24.7. The van der Waals surface area contributed by atoms with Crippen LogP contribution in [0.4, 0.5) is 0 Å². The predicted molar refractivity (Wildman–Crippen MR) is 211 cm³/mol. The van der Waals surface area contributed by atoms with Gasteiger partial charge in [-0.2, -0.15) is 0 Å². The molecule has 1 aliphatic rings. The van der Waals surface area contributed by atoms with Gasteiger partial charge in [0.25, 0.3) is 0 Å². The van der Waals surface area contributed by atoms with Crippen LogP contribution in [-0.2, 0) is 16.0 Å². The molecule has 276 valence electrons. The zero-order valence-corrected chi connectivity index (χ0v) is 32.0. The zero-order chi connectivity index (χ0) is 34.0. The summed E-state index contributed by atoms with van der Waals surface area (Å²) in [5.41, 5.74) is 1.41. The summed E-state index contributed by atoms with van der Waals surface area (Å²) < 4.78 is 12.6. The average molecular weight is 666 g/mol. The first-order chi connectivity index (χ1) is 23.8. The number of hydrogen-bond donors (Lipinski definition) is 0. The van der Waals surface area contributed by atoms with Crippen molar-refractivity contribution in [2.75, 3.05) is 39.5 Å². The molecule has 2 atom stereocenters. The molecule has 3 heteroatoms. The Labute approximate surface area is 299 Å². The first kappa shape index (κ1) is 42.7. The first-order valence-corrected chi connectivity index (χ1v) is 21.0. The van der Waals surface area contributed by atoms with Gasteiger partial charge in [-0.15, -0.1) is 0 Å². The largest absolute Gasteiger partial charge is 0.381 e. The molecular weight excluding hydrogens is 587 g/mol. The maximum atomic E-state index is 6.29. The molecular formula is C45H79NO2. The van der Waals surface area contributed by atoms with Gasteiger partial charge in [0, 0.05) is 44.7 Å². The number of nitrogens with zero attached hydrogens (tertiary/aromatic N) is 1. The van der Waals surface area contributed by atoms with E-state index in [0.717, 1.165) is 46.1 Å². The van der Waals surface area contributed by atoms with Crippen LogP contribution in [0.15, 0.2) is 54.6 Å². The molecule has 0 N–H and O–H groups in total. The number of rotatable bonds is 34. The van der Waals surface area contributed by atoms with Gasteiger partial charge in [0.15, 0.2) is 0 Å². The average Bonchev–Trinajstić information content (AvgIpc) is 3.48. The van der Waals surface area contributed by atoms with E-state index in [4.69, 9.17) is 9.47 Å². The Morgan fingerprint density at radius 2 is 0.875 bits per heavy atom. The normalized spacial score (nSPS) is 17.0. The monoisotopic (exact) mass is 666 g/mol.